The van der Waals surface area contributed by atoms with Gasteiger partial charge in [-0.05, 0) is 24.6 Å². The highest BCUT2D eigenvalue weighted by Gasteiger charge is 2.42. The van der Waals surface area contributed by atoms with Crippen molar-refractivity contribution in [1.82, 2.24) is 0 Å². The highest BCUT2D eigenvalue weighted by molar-refractivity contribution is 5.82. The SMILES string of the molecule is CC#CN1c2ccccc2C(O)(c2ccccc2)c2ccccc21. The molecule has 1 aliphatic heterocycles. The maximum absolute atomic E-state index is 11.9. The zero-order valence-corrected chi connectivity index (χ0v) is 13.4. The zero-order chi connectivity index (χ0) is 16.6. The number of para-hydroxylation sites is 2. The molecule has 1 aliphatic rings. The summed E-state index contributed by atoms with van der Waals surface area (Å²) in [5.74, 6) is 2.98. The first kappa shape index (κ1) is 14.6. The van der Waals surface area contributed by atoms with Crippen LogP contribution in [-0.2, 0) is 5.60 Å². The molecule has 0 unspecified atom stereocenters. The molecular formula is C22H17NO. The van der Waals surface area contributed by atoms with Gasteiger partial charge in [-0.1, -0.05) is 72.7 Å². The van der Waals surface area contributed by atoms with E-state index in [9.17, 15) is 5.11 Å². The van der Waals surface area contributed by atoms with Crippen molar-refractivity contribution in [2.24, 2.45) is 0 Å². The molecule has 0 saturated carbocycles. The molecule has 0 fully saturated rings. The van der Waals surface area contributed by atoms with Crippen molar-refractivity contribution in [2.75, 3.05) is 4.90 Å². The van der Waals surface area contributed by atoms with Crippen LogP contribution in [0.4, 0.5) is 11.4 Å². The molecule has 1 N–H and O–H groups in total. The summed E-state index contributed by atoms with van der Waals surface area (Å²) in [7, 11) is 0. The molecule has 2 heteroatoms. The molecule has 0 atom stereocenters. The molecule has 2 nitrogen and oxygen atoms in total. The van der Waals surface area contributed by atoms with Crippen molar-refractivity contribution in [3.8, 4) is 12.0 Å². The van der Waals surface area contributed by atoms with Gasteiger partial charge in [0.2, 0.25) is 0 Å². The van der Waals surface area contributed by atoms with Crippen LogP contribution in [0.15, 0.2) is 78.9 Å². The van der Waals surface area contributed by atoms with Crippen molar-refractivity contribution < 1.29 is 5.11 Å². The lowest BCUT2D eigenvalue weighted by Crippen LogP contribution is -2.36. The number of anilines is 2. The van der Waals surface area contributed by atoms with Crippen molar-refractivity contribution in [3.05, 3.63) is 95.6 Å². The van der Waals surface area contributed by atoms with Crippen molar-refractivity contribution in [1.29, 1.82) is 0 Å². The Bertz CT molecular complexity index is 903. The van der Waals surface area contributed by atoms with Crippen molar-refractivity contribution in [2.45, 2.75) is 12.5 Å². The molecule has 0 amide bonds. The highest BCUT2D eigenvalue weighted by Crippen LogP contribution is 2.50. The smallest absolute Gasteiger partial charge is 0.144 e. The number of rotatable bonds is 1. The second-order valence-corrected chi connectivity index (χ2v) is 5.81. The second-order valence-electron chi connectivity index (χ2n) is 5.81. The van der Waals surface area contributed by atoms with Crippen LogP contribution in [0.1, 0.15) is 23.6 Å². The predicted octanol–water partition coefficient (Wildman–Crippen LogP) is 4.40. The Morgan fingerprint density at radius 2 is 1.25 bits per heavy atom. The molecule has 116 valence electrons. The molecule has 0 bridgehead atoms. The highest BCUT2D eigenvalue weighted by atomic mass is 16.3. The first-order valence-electron chi connectivity index (χ1n) is 7.96. The summed E-state index contributed by atoms with van der Waals surface area (Å²) < 4.78 is 0. The number of hydrogen-bond acceptors (Lipinski definition) is 2. The van der Waals surface area contributed by atoms with E-state index in [2.05, 4.69) is 12.0 Å². The lowest BCUT2D eigenvalue weighted by molar-refractivity contribution is 0.125. The summed E-state index contributed by atoms with van der Waals surface area (Å²) >= 11 is 0. The van der Waals surface area contributed by atoms with E-state index >= 15 is 0 Å². The number of nitrogens with zero attached hydrogens (tertiary/aromatic N) is 1. The fraction of sp³-hybridized carbons (Fsp3) is 0.0909. The van der Waals surface area contributed by atoms with Gasteiger partial charge < -0.3 is 5.11 Å². The van der Waals surface area contributed by atoms with Gasteiger partial charge in [-0.15, -0.1) is 0 Å². The van der Waals surface area contributed by atoms with E-state index in [0.29, 0.717) is 0 Å². The largest absolute Gasteiger partial charge is 0.376 e. The summed E-state index contributed by atoms with van der Waals surface area (Å²) in [5.41, 5.74) is 3.18. The minimum atomic E-state index is -1.19. The maximum atomic E-state index is 11.9. The van der Waals surface area contributed by atoms with Gasteiger partial charge in [0.15, 0.2) is 0 Å². The predicted molar refractivity (Wildman–Crippen MR) is 97.0 cm³/mol. The number of fused-ring (bicyclic) bond motifs is 2. The first-order chi connectivity index (χ1) is 11.8. The summed E-state index contributed by atoms with van der Waals surface area (Å²) in [6.45, 7) is 1.82. The van der Waals surface area contributed by atoms with Gasteiger partial charge in [0.25, 0.3) is 0 Å². The van der Waals surface area contributed by atoms with Crippen LogP contribution in [0.5, 0.6) is 0 Å². The van der Waals surface area contributed by atoms with Gasteiger partial charge in [-0.2, -0.15) is 0 Å². The van der Waals surface area contributed by atoms with Crippen LogP contribution >= 0.6 is 0 Å². The lowest BCUT2D eigenvalue weighted by atomic mass is 9.76. The van der Waals surface area contributed by atoms with Crippen LogP contribution in [0, 0.1) is 12.0 Å². The minimum absolute atomic E-state index is 0.845. The maximum Gasteiger partial charge on any atom is 0.144 e. The van der Waals surface area contributed by atoms with E-state index in [-0.39, 0.29) is 0 Å². The van der Waals surface area contributed by atoms with Gasteiger partial charge >= 0.3 is 0 Å². The van der Waals surface area contributed by atoms with E-state index in [1.807, 2.05) is 90.7 Å². The van der Waals surface area contributed by atoms with Gasteiger partial charge in [0.1, 0.15) is 5.60 Å². The van der Waals surface area contributed by atoms with Gasteiger partial charge in [-0.3, -0.25) is 4.90 Å². The molecule has 0 saturated heterocycles. The third-order valence-electron chi connectivity index (χ3n) is 4.48. The van der Waals surface area contributed by atoms with E-state index in [4.69, 9.17) is 0 Å². The number of hydrogen-bond donors (Lipinski definition) is 1. The molecule has 0 spiro atoms. The molecule has 24 heavy (non-hydrogen) atoms. The monoisotopic (exact) mass is 311 g/mol. The molecule has 1 heterocycles. The zero-order valence-electron chi connectivity index (χ0n) is 13.4. The summed E-state index contributed by atoms with van der Waals surface area (Å²) in [6.07, 6.45) is 0. The lowest BCUT2D eigenvalue weighted by Gasteiger charge is -2.40. The number of benzene rings is 3. The van der Waals surface area contributed by atoms with Crippen LogP contribution in [-0.4, -0.2) is 5.11 Å². The topological polar surface area (TPSA) is 23.5 Å². The first-order valence-corrected chi connectivity index (χ1v) is 7.96. The number of aliphatic hydroxyl groups is 1. The van der Waals surface area contributed by atoms with E-state index in [1.165, 1.54) is 0 Å². The van der Waals surface area contributed by atoms with Crippen LogP contribution in [0.2, 0.25) is 0 Å². The second kappa shape index (κ2) is 5.56. The van der Waals surface area contributed by atoms with Crippen LogP contribution in [0.3, 0.4) is 0 Å². The van der Waals surface area contributed by atoms with E-state index < -0.39 is 5.60 Å². The molecule has 0 radical (unpaired) electrons. The average Bonchev–Trinajstić information content (AvgIpc) is 2.66. The van der Waals surface area contributed by atoms with Crippen LogP contribution in [0.25, 0.3) is 0 Å². The Hall–Kier alpha value is -3.02. The molecule has 3 aromatic carbocycles. The summed E-state index contributed by atoms with van der Waals surface area (Å²) in [5, 5.41) is 11.9. The summed E-state index contributed by atoms with van der Waals surface area (Å²) in [4.78, 5) is 1.96. The molecule has 3 aromatic rings. The Kier molecular flexibility index (Phi) is 3.37. The quantitative estimate of drug-likeness (QED) is 0.673. The normalized spacial score (nSPS) is 14.2. The summed E-state index contributed by atoms with van der Waals surface area (Å²) in [6, 6.07) is 28.8. The fourth-order valence-electron chi connectivity index (χ4n) is 3.45. The van der Waals surface area contributed by atoms with E-state index in [0.717, 1.165) is 28.1 Å². The van der Waals surface area contributed by atoms with Crippen molar-refractivity contribution in [3.63, 3.8) is 0 Å². The standard InChI is InChI=1S/C22H17NO/c1-2-16-23-20-14-8-6-12-18(20)22(24,17-10-4-3-5-11-17)19-13-7-9-15-21(19)23/h3-15,24H,1H3. The Labute approximate surface area is 142 Å². The molecule has 0 aromatic heterocycles. The van der Waals surface area contributed by atoms with E-state index in [1.54, 1.807) is 0 Å². The third kappa shape index (κ3) is 1.96. The van der Waals surface area contributed by atoms with Crippen LogP contribution < -0.4 is 4.90 Å². The van der Waals surface area contributed by atoms with Crippen molar-refractivity contribution >= 4 is 11.4 Å². The minimum Gasteiger partial charge on any atom is -0.376 e. The Morgan fingerprint density at radius 3 is 1.79 bits per heavy atom. The average molecular weight is 311 g/mol. The Morgan fingerprint density at radius 1 is 0.750 bits per heavy atom. The van der Waals surface area contributed by atoms with Gasteiger partial charge in [0, 0.05) is 17.2 Å². The molecule has 4 rings (SSSR count). The third-order valence-corrected chi connectivity index (χ3v) is 4.48. The Balaban J connectivity index is 2.10. The fourth-order valence-corrected chi connectivity index (χ4v) is 3.45. The molecular weight excluding hydrogens is 294 g/mol. The van der Waals surface area contributed by atoms with Gasteiger partial charge in [-0.25, -0.2) is 0 Å². The molecule has 0 aliphatic carbocycles. The van der Waals surface area contributed by atoms with Gasteiger partial charge in [0.05, 0.1) is 11.4 Å².